The van der Waals surface area contributed by atoms with Gasteiger partial charge in [0.2, 0.25) is 11.9 Å². The van der Waals surface area contributed by atoms with Crippen LogP contribution < -0.4 is 15.9 Å². The van der Waals surface area contributed by atoms with Crippen LogP contribution in [0.25, 0.3) is 10.9 Å². The fourth-order valence-corrected chi connectivity index (χ4v) is 3.83. The van der Waals surface area contributed by atoms with E-state index in [2.05, 4.69) is 15.3 Å². The summed E-state index contributed by atoms with van der Waals surface area (Å²) in [6.07, 6.45) is 2.34. The monoisotopic (exact) mass is 410 g/mol. The van der Waals surface area contributed by atoms with Crippen molar-refractivity contribution in [2.75, 3.05) is 23.4 Å². The quantitative estimate of drug-likeness (QED) is 0.692. The van der Waals surface area contributed by atoms with Gasteiger partial charge >= 0.3 is 0 Å². The van der Waals surface area contributed by atoms with Crippen LogP contribution in [0.3, 0.4) is 0 Å². The number of anilines is 1. The Morgan fingerprint density at radius 2 is 1.83 bits per heavy atom. The van der Waals surface area contributed by atoms with E-state index in [0.717, 1.165) is 31.5 Å². The van der Waals surface area contributed by atoms with E-state index in [1.54, 1.807) is 12.1 Å². The second-order valence-corrected chi connectivity index (χ2v) is 7.89. The van der Waals surface area contributed by atoms with Crippen molar-refractivity contribution < 1.29 is 4.79 Å². The van der Waals surface area contributed by atoms with Crippen LogP contribution in [0.5, 0.6) is 0 Å². The summed E-state index contributed by atoms with van der Waals surface area (Å²) in [6.45, 7) is 3.62. The summed E-state index contributed by atoms with van der Waals surface area (Å²) in [5.41, 5.74) is 4.20. The zero-order chi connectivity index (χ0) is 20.4. The average Bonchev–Trinajstić information content (AvgIpc) is 3.25. The van der Waals surface area contributed by atoms with Crippen LogP contribution in [0, 0.1) is 0 Å². The molecule has 2 aromatic carbocycles. The van der Waals surface area contributed by atoms with Gasteiger partial charge in [-0.1, -0.05) is 42.8 Å². The third kappa shape index (κ3) is 4.12. The van der Waals surface area contributed by atoms with Crippen molar-refractivity contribution in [2.24, 2.45) is 0 Å². The molecule has 1 aromatic heterocycles. The van der Waals surface area contributed by atoms with Gasteiger partial charge < -0.3 is 4.90 Å². The van der Waals surface area contributed by atoms with E-state index in [4.69, 9.17) is 11.6 Å². The van der Waals surface area contributed by atoms with Crippen LogP contribution in [-0.2, 0) is 4.79 Å². The molecule has 4 rings (SSSR count). The standard InChI is InChI=1S/C22H23ClN4O2/c1-15(16-8-10-17(23)11-9-16)14-20(28)25-27-21(29)18-6-2-3-7-19(18)24-22(27)26-12-4-5-13-26/h2-3,6-11,15H,4-5,12-14H2,1H3,(H,25,28). The molecule has 0 aliphatic carbocycles. The Morgan fingerprint density at radius 3 is 2.55 bits per heavy atom. The van der Waals surface area contributed by atoms with Crippen molar-refractivity contribution in [1.29, 1.82) is 0 Å². The van der Waals surface area contributed by atoms with Crippen LogP contribution in [0.4, 0.5) is 5.95 Å². The van der Waals surface area contributed by atoms with Crippen LogP contribution in [0.2, 0.25) is 5.02 Å². The molecule has 1 N–H and O–H groups in total. The van der Waals surface area contributed by atoms with Crippen molar-refractivity contribution in [3.8, 4) is 0 Å². The predicted octanol–water partition coefficient (Wildman–Crippen LogP) is 3.91. The summed E-state index contributed by atoms with van der Waals surface area (Å²) >= 11 is 5.95. The van der Waals surface area contributed by atoms with Gasteiger partial charge in [-0.3, -0.25) is 15.0 Å². The maximum atomic E-state index is 13.1. The number of benzene rings is 2. The van der Waals surface area contributed by atoms with E-state index < -0.39 is 0 Å². The molecule has 0 radical (unpaired) electrons. The van der Waals surface area contributed by atoms with Gasteiger partial charge in [0.1, 0.15) is 0 Å². The smallest absolute Gasteiger partial charge is 0.281 e. The number of nitrogens with one attached hydrogen (secondary N) is 1. The number of hydrogen-bond acceptors (Lipinski definition) is 4. The molecule has 1 aliphatic rings. The first-order valence-corrected chi connectivity index (χ1v) is 10.2. The van der Waals surface area contributed by atoms with E-state index in [1.165, 1.54) is 4.68 Å². The van der Waals surface area contributed by atoms with Crippen molar-refractivity contribution in [1.82, 2.24) is 9.66 Å². The van der Waals surface area contributed by atoms with Crippen LogP contribution in [-0.4, -0.2) is 28.7 Å². The van der Waals surface area contributed by atoms with Gasteiger partial charge in [-0.05, 0) is 48.6 Å². The molecule has 0 spiro atoms. The van der Waals surface area contributed by atoms with Crippen molar-refractivity contribution in [3.05, 3.63) is 69.5 Å². The molecule has 1 atom stereocenters. The summed E-state index contributed by atoms with van der Waals surface area (Å²) in [6, 6.07) is 14.7. The second kappa shape index (κ2) is 8.25. The highest BCUT2D eigenvalue weighted by Gasteiger charge is 2.22. The van der Waals surface area contributed by atoms with Gasteiger partial charge in [-0.15, -0.1) is 0 Å². The molecule has 7 heteroatoms. The summed E-state index contributed by atoms with van der Waals surface area (Å²) in [5.74, 6) is 0.261. The Hall–Kier alpha value is -2.86. The minimum Gasteiger partial charge on any atom is -0.341 e. The van der Waals surface area contributed by atoms with Crippen molar-refractivity contribution in [3.63, 3.8) is 0 Å². The SMILES string of the molecule is CC(CC(=O)Nn1c(N2CCCC2)nc2ccccc2c1=O)c1ccc(Cl)cc1. The van der Waals surface area contributed by atoms with Gasteiger partial charge in [0.25, 0.3) is 5.56 Å². The molecular formula is C22H23ClN4O2. The number of carbonyl (C=O) groups is 1. The van der Waals surface area contributed by atoms with E-state index in [-0.39, 0.29) is 23.8 Å². The number of carbonyl (C=O) groups excluding carboxylic acids is 1. The molecular weight excluding hydrogens is 388 g/mol. The Bertz CT molecular complexity index is 1090. The van der Waals surface area contributed by atoms with Crippen LogP contribution >= 0.6 is 11.6 Å². The number of halogens is 1. The first kappa shape index (κ1) is 19.5. The summed E-state index contributed by atoms with van der Waals surface area (Å²) < 4.78 is 1.31. The van der Waals surface area contributed by atoms with E-state index >= 15 is 0 Å². The maximum absolute atomic E-state index is 13.1. The lowest BCUT2D eigenvalue weighted by molar-refractivity contribution is -0.117. The molecule has 2 heterocycles. The Balaban J connectivity index is 1.62. The van der Waals surface area contributed by atoms with Gasteiger partial charge in [-0.2, -0.15) is 4.68 Å². The molecule has 29 heavy (non-hydrogen) atoms. The fourth-order valence-electron chi connectivity index (χ4n) is 3.71. The van der Waals surface area contributed by atoms with Crippen LogP contribution in [0.15, 0.2) is 53.3 Å². The highest BCUT2D eigenvalue weighted by atomic mass is 35.5. The van der Waals surface area contributed by atoms with Crippen molar-refractivity contribution >= 4 is 34.4 Å². The summed E-state index contributed by atoms with van der Waals surface area (Å²) in [4.78, 5) is 32.6. The first-order valence-electron chi connectivity index (χ1n) is 9.85. The number of fused-ring (bicyclic) bond motifs is 1. The number of nitrogens with zero attached hydrogens (tertiary/aromatic N) is 3. The lowest BCUT2D eigenvalue weighted by Gasteiger charge is -2.22. The topological polar surface area (TPSA) is 67.2 Å². The lowest BCUT2D eigenvalue weighted by Crippen LogP contribution is -2.39. The Labute approximate surface area is 174 Å². The third-order valence-corrected chi connectivity index (χ3v) is 5.57. The van der Waals surface area contributed by atoms with E-state index in [9.17, 15) is 9.59 Å². The average molecular weight is 411 g/mol. The third-order valence-electron chi connectivity index (χ3n) is 5.31. The highest BCUT2D eigenvalue weighted by Crippen LogP contribution is 2.22. The molecule has 150 valence electrons. The zero-order valence-electron chi connectivity index (χ0n) is 16.3. The van der Waals surface area contributed by atoms with E-state index in [0.29, 0.717) is 21.9 Å². The molecule has 3 aromatic rings. The Morgan fingerprint density at radius 1 is 1.14 bits per heavy atom. The number of amides is 1. The Kier molecular flexibility index (Phi) is 5.53. The molecule has 0 saturated carbocycles. The molecule has 1 unspecified atom stereocenters. The largest absolute Gasteiger partial charge is 0.341 e. The number of hydrogen-bond donors (Lipinski definition) is 1. The fraction of sp³-hybridized carbons (Fsp3) is 0.318. The second-order valence-electron chi connectivity index (χ2n) is 7.46. The molecule has 1 aliphatic heterocycles. The molecule has 1 saturated heterocycles. The van der Waals surface area contributed by atoms with Gasteiger partial charge in [-0.25, -0.2) is 4.98 Å². The number of para-hydroxylation sites is 1. The normalized spacial score (nSPS) is 14.9. The summed E-state index contributed by atoms with van der Waals surface area (Å²) in [5, 5.41) is 1.15. The van der Waals surface area contributed by atoms with E-state index in [1.807, 2.05) is 43.3 Å². The molecule has 6 nitrogen and oxygen atoms in total. The molecule has 0 bridgehead atoms. The van der Waals surface area contributed by atoms with Gasteiger partial charge in [0.15, 0.2) is 0 Å². The van der Waals surface area contributed by atoms with Gasteiger partial charge in [0, 0.05) is 24.5 Å². The maximum Gasteiger partial charge on any atom is 0.281 e. The number of rotatable bonds is 5. The van der Waals surface area contributed by atoms with Gasteiger partial charge in [0.05, 0.1) is 10.9 Å². The predicted molar refractivity (Wildman–Crippen MR) is 116 cm³/mol. The summed E-state index contributed by atoms with van der Waals surface area (Å²) in [7, 11) is 0. The van der Waals surface area contributed by atoms with Crippen LogP contribution in [0.1, 0.15) is 37.7 Å². The molecule has 1 amide bonds. The first-order chi connectivity index (χ1) is 14.0. The highest BCUT2D eigenvalue weighted by molar-refractivity contribution is 6.30. The lowest BCUT2D eigenvalue weighted by atomic mass is 9.98. The minimum absolute atomic E-state index is 0.00776. The van der Waals surface area contributed by atoms with Crippen molar-refractivity contribution in [2.45, 2.75) is 32.1 Å². The minimum atomic E-state index is -0.259. The zero-order valence-corrected chi connectivity index (χ0v) is 17.0. The molecule has 1 fully saturated rings. The number of aromatic nitrogens is 2.